The van der Waals surface area contributed by atoms with Crippen LogP contribution in [0.2, 0.25) is 10.0 Å². The van der Waals surface area contributed by atoms with E-state index in [1.165, 1.54) is 6.20 Å². The van der Waals surface area contributed by atoms with E-state index in [1.807, 2.05) is 6.07 Å². The van der Waals surface area contributed by atoms with Gasteiger partial charge in [-0.2, -0.15) is 10.4 Å². The van der Waals surface area contributed by atoms with Crippen LogP contribution in [0.1, 0.15) is 5.56 Å². The minimum Gasteiger partial charge on any atom is -0.239 e. The molecule has 0 amide bonds. The molecule has 1 aromatic carbocycles. The molecule has 0 fully saturated rings. The standard InChI is InChI=1S/C10H5Cl2N3/c11-8-5-14-15(6-8)9-2-1-7(4-13)10(12)3-9/h1-3,5-6H. The maximum atomic E-state index is 8.71. The predicted molar refractivity (Wildman–Crippen MR) is 58.3 cm³/mol. The van der Waals surface area contributed by atoms with Gasteiger partial charge in [-0.25, -0.2) is 4.68 Å². The summed E-state index contributed by atoms with van der Waals surface area (Å²) in [6.07, 6.45) is 3.20. The monoisotopic (exact) mass is 237 g/mol. The fourth-order valence-corrected chi connectivity index (χ4v) is 1.53. The van der Waals surface area contributed by atoms with Gasteiger partial charge in [-0.1, -0.05) is 23.2 Å². The van der Waals surface area contributed by atoms with Gasteiger partial charge in [0.2, 0.25) is 0 Å². The number of hydrogen-bond donors (Lipinski definition) is 0. The highest BCUT2D eigenvalue weighted by molar-refractivity contribution is 6.32. The van der Waals surface area contributed by atoms with Gasteiger partial charge in [0.1, 0.15) is 6.07 Å². The Morgan fingerprint density at radius 3 is 2.67 bits per heavy atom. The molecule has 0 aliphatic rings. The van der Waals surface area contributed by atoms with Crippen molar-refractivity contribution in [1.29, 1.82) is 5.26 Å². The molecule has 15 heavy (non-hydrogen) atoms. The van der Waals surface area contributed by atoms with Crippen LogP contribution in [-0.2, 0) is 0 Å². The largest absolute Gasteiger partial charge is 0.239 e. The highest BCUT2D eigenvalue weighted by Gasteiger charge is 2.03. The molecule has 2 rings (SSSR count). The molecule has 0 N–H and O–H groups in total. The molecular formula is C10H5Cl2N3. The van der Waals surface area contributed by atoms with Crippen LogP contribution in [0.15, 0.2) is 30.6 Å². The minimum atomic E-state index is 0.404. The Kier molecular flexibility index (Phi) is 2.63. The molecule has 0 saturated carbocycles. The smallest absolute Gasteiger partial charge is 0.101 e. The quantitative estimate of drug-likeness (QED) is 0.766. The van der Waals surface area contributed by atoms with Crippen LogP contribution in [0.4, 0.5) is 0 Å². The van der Waals surface area contributed by atoms with Crippen molar-refractivity contribution in [3.63, 3.8) is 0 Å². The summed E-state index contributed by atoms with van der Waals surface area (Å²) in [7, 11) is 0. The molecule has 0 aliphatic carbocycles. The molecule has 2 aromatic rings. The summed E-state index contributed by atoms with van der Waals surface area (Å²) in [5, 5.41) is 13.7. The normalized spacial score (nSPS) is 9.93. The first-order valence-corrected chi connectivity index (χ1v) is 4.86. The third-order valence-electron chi connectivity index (χ3n) is 1.89. The lowest BCUT2D eigenvalue weighted by Crippen LogP contribution is -1.94. The Labute approximate surface area is 96.5 Å². The number of aromatic nitrogens is 2. The number of halogens is 2. The molecule has 74 valence electrons. The van der Waals surface area contributed by atoms with E-state index in [4.69, 9.17) is 28.5 Å². The van der Waals surface area contributed by atoms with Crippen molar-refractivity contribution < 1.29 is 0 Å². The molecule has 0 bridgehead atoms. The Balaban J connectivity index is 2.48. The zero-order chi connectivity index (χ0) is 10.8. The lowest BCUT2D eigenvalue weighted by Gasteiger charge is -2.02. The van der Waals surface area contributed by atoms with Gasteiger partial charge in [0, 0.05) is 6.20 Å². The van der Waals surface area contributed by atoms with E-state index in [0.717, 1.165) is 5.69 Å². The van der Waals surface area contributed by atoms with Crippen molar-refractivity contribution in [2.45, 2.75) is 0 Å². The third kappa shape index (κ3) is 1.96. The van der Waals surface area contributed by atoms with Crippen LogP contribution in [0.5, 0.6) is 0 Å². The van der Waals surface area contributed by atoms with Crippen molar-refractivity contribution in [2.75, 3.05) is 0 Å². The van der Waals surface area contributed by atoms with E-state index in [0.29, 0.717) is 15.6 Å². The number of nitrogens with zero attached hydrogens (tertiary/aromatic N) is 3. The molecular weight excluding hydrogens is 233 g/mol. The molecule has 1 heterocycles. The molecule has 0 aliphatic heterocycles. The van der Waals surface area contributed by atoms with Gasteiger partial charge in [-0.05, 0) is 18.2 Å². The topological polar surface area (TPSA) is 41.6 Å². The summed E-state index contributed by atoms with van der Waals surface area (Å²) in [6.45, 7) is 0. The summed E-state index contributed by atoms with van der Waals surface area (Å²) in [4.78, 5) is 0. The number of nitriles is 1. The maximum absolute atomic E-state index is 8.71. The van der Waals surface area contributed by atoms with Crippen LogP contribution in [0, 0.1) is 11.3 Å². The van der Waals surface area contributed by atoms with Gasteiger partial charge in [-0.15, -0.1) is 0 Å². The first-order chi connectivity index (χ1) is 7.20. The highest BCUT2D eigenvalue weighted by Crippen LogP contribution is 2.20. The molecule has 0 unspecified atom stereocenters. The minimum absolute atomic E-state index is 0.404. The zero-order valence-corrected chi connectivity index (χ0v) is 9.00. The molecule has 0 radical (unpaired) electrons. The van der Waals surface area contributed by atoms with E-state index in [-0.39, 0.29) is 0 Å². The summed E-state index contributed by atoms with van der Waals surface area (Å²) >= 11 is 11.6. The van der Waals surface area contributed by atoms with E-state index < -0.39 is 0 Å². The van der Waals surface area contributed by atoms with Gasteiger partial charge < -0.3 is 0 Å². The first-order valence-electron chi connectivity index (χ1n) is 4.11. The van der Waals surface area contributed by atoms with E-state index >= 15 is 0 Å². The Morgan fingerprint density at radius 1 is 1.33 bits per heavy atom. The average molecular weight is 238 g/mol. The lowest BCUT2D eigenvalue weighted by atomic mass is 10.2. The number of benzene rings is 1. The van der Waals surface area contributed by atoms with Crippen LogP contribution < -0.4 is 0 Å². The predicted octanol–water partition coefficient (Wildman–Crippen LogP) is 3.05. The highest BCUT2D eigenvalue weighted by atomic mass is 35.5. The first kappa shape index (κ1) is 10.0. The Morgan fingerprint density at radius 2 is 2.13 bits per heavy atom. The maximum Gasteiger partial charge on any atom is 0.101 e. The molecule has 3 nitrogen and oxygen atoms in total. The zero-order valence-electron chi connectivity index (χ0n) is 7.48. The molecule has 5 heteroatoms. The van der Waals surface area contributed by atoms with Gasteiger partial charge in [0.15, 0.2) is 0 Å². The van der Waals surface area contributed by atoms with Crippen molar-refractivity contribution in [3.05, 3.63) is 46.2 Å². The van der Waals surface area contributed by atoms with Crippen LogP contribution in [0.3, 0.4) is 0 Å². The van der Waals surface area contributed by atoms with Crippen LogP contribution in [0.25, 0.3) is 5.69 Å². The second-order valence-electron chi connectivity index (χ2n) is 2.88. The van der Waals surface area contributed by atoms with E-state index in [2.05, 4.69) is 5.10 Å². The Hall–Kier alpha value is -1.50. The van der Waals surface area contributed by atoms with Crippen LogP contribution in [-0.4, -0.2) is 9.78 Å². The summed E-state index contributed by atoms with van der Waals surface area (Å²) in [5.74, 6) is 0. The number of rotatable bonds is 1. The van der Waals surface area contributed by atoms with Crippen molar-refractivity contribution in [2.24, 2.45) is 0 Å². The molecule has 0 atom stereocenters. The average Bonchev–Trinajstić information content (AvgIpc) is 2.65. The SMILES string of the molecule is N#Cc1ccc(-n2cc(Cl)cn2)cc1Cl. The van der Waals surface area contributed by atoms with Crippen molar-refractivity contribution >= 4 is 23.2 Å². The summed E-state index contributed by atoms with van der Waals surface area (Å²) in [6, 6.07) is 7.07. The fraction of sp³-hybridized carbons (Fsp3) is 0. The Bertz CT molecular complexity index is 540. The van der Waals surface area contributed by atoms with E-state index in [1.54, 1.807) is 29.1 Å². The molecule has 0 saturated heterocycles. The third-order valence-corrected chi connectivity index (χ3v) is 2.40. The second-order valence-corrected chi connectivity index (χ2v) is 3.72. The van der Waals surface area contributed by atoms with Gasteiger partial charge >= 0.3 is 0 Å². The van der Waals surface area contributed by atoms with Gasteiger partial charge in [0.25, 0.3) is 0 Å². The second kappa shape index (κ2) is 3.93. The van der Waals surface area contributed by atoms with Crippen molar-refractivity contribution in [1.82, 2.24) is 9.78 Å². The summed E-state index contributed by atoms with van der Waals surface area (Å²) < 4.78 is 1.59. The lowest BCUT2D eigenvalue weighted by molar-refractivity contribution is 0.880. The van der Waals surface area contributed by atoms with Crippen molar-refractivity contribution in [3.8, 4) is 11.8 Å². The number of hydrogen-bond acceptors (Lipinski definition) is 2. The fourth-order valence-electron chi connectivity index (χ4n) is 1.18. The van der Waals surface area contributed by atoms with Crippen LogP contribution >= 0.6 is 23.2 Å². The van der Waals surface area contributed by atoms with E-state index in [9.17, 15) is 0 Å². The summed E-state index contributed by atoms with van der Waals surface area (Å²) in [5.41, 5.74) is 1.21. The van der Waals surface area contributed by atoms with Gasteiger partial charge in [-0.3, -0.25) is 0 Å². The molecule has 0 spiro atoms. The van der Waals surface area contributed by atoms with Gasteiger partial charge in [0.05, 0.1) is 27.5 Å². The molecule has 1 aromatic heterocycles.